The van der Waals surface area contributed by atoms with E-state index in [0.29, 0.717) is 0 Å². The molecule has 1 fully saturated rings. The van der Waals surface area contributed by atoms with Crippen LogP contribution in [0.5, 0.6) is 0 Å². The number of aryl methyl sites for hydroxylation is 2. The molecule has 1 heterocycles. The van der Waals surface area contributed by atoms with Gasteiger partial charge >= 0.3 is 5.97 Å². The number of nitrogens with zero attached hydrogens (tertiary/aromatic N) is 1. The summed E-state index contributed by atoms with van der Waals surface area (Å²) < 4.78 is 0. The summed E-state index contributed by atoms with van der Waals surface area (Å²) in [7, 11) is 0. The Kier molecular flexibility index (Phi) is 2.88. The summed E-state index contributed by atoms with van der Waals surface area (Å²) in [5, 5.41) is 8.96. The molecule has 0 bridgehead atoms. The van der Waals surface area contributed by atoms with Crippen molar-refractivity contribution in [2.75, 3.05) is 11.4 Å². The number of hydrogen-bond donors (Lipinski definition) is 1. The maximum atomic E-state index is 11.9. The lowest BCUT2D eigenvalue weighted by Crippen LogP contribution is -2.27. The first kappa shape index (κ1) is 11.6. The summed E-state index contributed by atoms with van der Waals surface area (Å²) in [6.07, 6.45) is 0.100. The fourth-order valence-electron chi connectivity index (χ4n) is 2.32. The molecule has 17 heavy (non-hydrogen) atoms. The van der Waals surface area contributed by atoms with Crippen LogP contribution in [-0.2, 0) is 9.59 Å². The van der Waals surface area contributed by atoms with Crippen LogP contribution in [0.25, 0.3) is 0 Å². The Morgan fingerprint density at radius 2 is 1.94 bits per heavy atom. The second-order valence-electron chi connectivity index (χ2n) is 4.48. The van der Waals surface area contributed by atoms with Gasteiger partial charge in [-0.15, -0.1) is 0 Å². The van der Waals surface area contributed by atoms with Crippen molar-refractivity contribution < 1.29 is 14.7 Å². The first-order chi connectivity index (χ1) is 8.00. The van der Waals surface area contributed by atoms with Crippen LogP contribution in [0.15, 0.2) is 18.2 Å². The number of amides is 1. The fourth-order valence-corrected chi connectivity index (χ4v) is 2.32. The highest BCUT2D eigenvalue weighted by Gasteiger charge is 2.35. The van der Waals surface area contributed by atoms with E-state index in [1.165, 1.54) is 0 Å². The Morgan fingerprint density at radius 1 is 1.35 bits per heavy atom. The second-order valence-corrected chi connectivity index (χ2v) is 4.48. The smallest absolute Gasteiger partial charge is 0.308 e. The van der Waals surface area contributed by atoms with Gasteiger partial charge in [0.25, 0.3) is 0 Å². The number of anilines is 1. The van der Waals surface area contributed by atoms with Crippen LogP contribution in [0.3, 0.4) is 0 Å². The maximum absolute atomic E-state index is 11.9. The Balaban J connectivity index is 2.35. The third-order valence-corrected chi connectivity index (χ3v) is 3.18. The minimum absolute atomic E-state index is 0.100. The molecular weight excluding hydrogens is 218 g/mol. The molecule has 1 atom stereocenters. The van der Waals surface area contributed by atoms with Gasteiger partial charge < -0.3 is 10.0 Å². The third kappa shape index (κ3) is 2.02. The van der Waals surface area contributed by atoms with Crippen LogP contribution < -0.4 is 4.90 Å². The van der Waals surface area contributed by atoms with Crippen molar-refractivity contribution in [2.24, 2.45) is 5.92 Å². The van der Waals surface area contributed by atoms with Crippen LogP contribution in [0.4, 0.5) is 5.69 Å². The Bertz CT molecular complexity index is 461. The van der Waals surface area contributed by atoms with Gasteiger partial charge in [-0.05, 0) is 25.0 Å². The monoisotopic (exact) mass is 233 g/mol. The van der Waals surface area contributed by atoms with E-state index >= 15 is 0 Å². The average molecular weight is 233 g/mol. The zero-order chi connectivity index (χ0) is 12.6. The SMILES string of the molecule is Cc1cccc(C)c1N1C[C@H](C(=O)O)CC1=O. The highest BCUT2D eigenvalue weighted by Crippen LogP contribution is 2.30. The Labute approximate surface area is 99.9 Å². The third-order valence-electron chi connectivity index (χ3n) is 3.18. The van der Waals surface area contributed by atoms with Crippen molar-refractivity contribution >= 4 is 17.6 Å². The van der Waals surface area contributed by atoms with Crippen LogP contribution in [0.2, 0.25) is 0 Å². The molecule has 4 nitrogen and oxygen atoms in total. The number of carbonyl (C=O) groups excluding carboxylic acids is 1. The molecule has 1 aliphatic heterocycles. The molecule has 1 aromatic rings. The lowest BCUT2D eigenvalue weighted by molar-refractivity contribution is -0.141. The fraction of sp³-hybridized carbons (Fsp3) is 0.385. The molecule has 1 aromatic carbocycles. The second kappa shape index (κ2) is 4.20. The molecule has 1 N–H and O–H groups in total. The molecule has 0 aromatic heterocycles. The van der Waals surface area contributed by atoms with Gasteiger partial charge in [0.05, 0.1) is 5.92 Å². The Hall–Kier alpha value is -1.84. The lowest BCUT2D eigenvalue weighted by Gasteiger charge is -2.21. The lowest BCUT2D eigenvalue weighted by atomic mass is 10.1. The standard InChI is InChI=1S/C13H15NO3/c1-8-4-3-5-9(2)12(8)14-7-10(13(16)17)6-11(14)15/h3-5,10H,6-7H2,1-2H3,(H,16,17)/t10-/m1/s1. The number of benzene rings is 1. The number of rotatable bonds is 2. The predicted molar refractivity (Wildman–Crippen MR) is 64.0 cm³/mol. The molecule has 1 aliphatic rings. The van der Waals surface area contributed by atoms with E-state index in [-0.39, 0.29) is 18.9 Å². The number of aliphatic carboxylic acids is 1. The molecular formula is C13H15NO3. The van der Waals surface area contributed by atoms with Crippen molar-refractivity contribution in [2.45, 2.75) is 20.3 Å². The Morgan fingerprint density at radius 3 is 2.41 bits per heavy atom. The summed E-state index contributed by atoms with van der Waals surface area (Å²) in [6, 6.07) is 5.80. The predicted octanol–water partition coefficient (Wildman–Crippen LogP) is 1.74. The van der Waals surface area contributed by atoms with Crippen LogP contribution in [-0.4, -0.2) is 23.5 Å². The summed E-state index contributed by atoms with van der Waals surface area (Å²) in [5.41, 5.74) is 2.87. The number of carboxylic acid groups (broad SMARTS) is 1. The van der Waals surface area contributed by atoms with Crippen LogP contribution in [0, 0.1) is 19.8 Å². The van der Waals surface area contributed by atoms with E-state index in [2.05, 4.69) is 0 Å². The normalized spacial score (nSPS) is 19.8. The minimum atomic E-state index is -0.896. The van der Waals surface area contributed by atoms with Gasteiger partial charge in [-0.2, -0.15) is 0 Å². The molecule has 2 rings (SSSR count). The minimum Gasteiger partial charge on any atom is -0.481 e. The van der Waals surface area contributed by atoms with E-state index in [9.17, 15) is 9.59 Å². The number of carboxylic acids is 1. The van der Waals surface area contributed by atoms with E-state index in [0.717, 1.165) is 16.8 Å². The van der Waals surface area contributed by atoms with Crippen LogP contribution in [0.1, 0.15) is 17.5 Å². The number of carbonyl (C=O) groups is 2. The van der Waals surface area contributed by atoms with Gasteiger partial charge in [-0.1, -0.05) is 18.2 Å². The summed E-state index contributed by atoms with van der Waals surface area (Å²) in [6.45, 7) is 4.15. The number of hydrogen-bond acceptors (Lipinski definition) is 2. The van der Waals surface area contributed by atoms with Gasteiger partial charge in [-0.25, -0.2) is 0 Å². The van der Waals surface area contributed by atoms with Crippen molar-refractivity contribution in [3.63, 3.8) is 0 Å². The molecule has 1 amide bonds. The molecule has 0 saturated carbocycles. The molecule has 0 aliphatic carbocycles. The van der Waals surface area contributed by atoms with Crippen molar-refractivity contribution in [3.05, 3.63) is 29.3 Å². The highest BCUT2D eigenvalue weighted by atomic mass is 16.4. The van der Waals surface area contributed by atoms with E-state index in [4.69, 9.17) is 5.11 Å². The van der Waals surface area contributed by atoms with Crippen molar-refractivity contribution in [1.29, 1.82) is 0 Å². The largest absolute Gasteiger partial charge is 0.481 e. The molecule has 0 radical (unpaired) electrons. The molecule has 1 saturated heterocycles. The zero-order valence-electron chi connectivity index (χ0n) is 9.93. The van der Waals surface area contributed by atoms with E-state index in [1.54, 1.807) is 4.90 Å². The van der Waals surface area contributed by atoms with Crippen molar-refractivity contribution in [3.8, 4) is 0 Å². The molecule has 0 spiro atoms. The molecule has 4 heteroatoms. The quantitative estimate of drug-likeness (QED) is 0.846. The van der Waals surface area contributed by atoms with Crippen molar-refractivity contribution in [1.82, 2.24) is 0 Å². The summed E-state index contributed by atoms with van der Waals surface area (Å²) in [4.78, 5) is 24.4. The first-order valence-corrected chi connectivity index (χ1v) is 5.60. The summed E-state index contributed by atoms with van der Waals surface area (Å²) in [5.74, 6) is -1.58. The molecule has 0 unspecified atom stereocenters. The topological polar surface area (TPSA) is 57.6 Å². The highest BCUT2D eigenvalue weighted by molar-refractivity contribution is 6.00. The van der Waals surface area contributed by atoms with Crippen LogP contribution >= 0.6 is 0 Å². The maximum Gasteiger partial charge on any atom is 0.308 e. The average Bonchev–Trinajstić information content (AvgIpc) is 2.61. The number of para-hydroxylation sites is 1. The van der Waals surface area contributed by atoms with E-state index < -0.39 is 11.9 Å². The first-order valence-electron chi connectivity index (χ1n) is 5.60. The summed E-state index contributed by atoms with van der Waals surface area (Å²) >= 11 is 0. The van der Waals surface area contributed by atoms with Gasteiger partial charge in [0, 0.05) is 18.7 Å². The zero-order valence-corrected chi connectivity index (χ0v) is 9.93. The van der Waals surface area contributed by atoms with Gasteiger partial charge in [0.2, 0.25) is 5.91 Å². The molecule has 90 valence electrons. The van der Waals surface area contributed by atoms with Gasteiger partial charge in [-0.3, -0.25) is 9.59 Å². The van der Waals surface area contributed by atoms with E-state index in [1.807, 2.05) is 32.0 Å². The van der Waals surface area contributed by atoms with Gasteiger partial charge in [0.15, 0.2) is 0 Å². The van der Waals surface area contributed by atoms with Gasteiger partial charge in [0.1, 0.15) is 0 Å².